The first-order valence-electron chi connectivity index (χ1n) is 12.8. The summed E-state index contributed by atoms with van der Waals surface area (Å²) >= 11 is 1.48. The van der Waals surface area contributed by atoms with Crippen LogP contribution in [0.4, 0.5) is 11.4 Å². The Hall–Kier alpha value is -3.42. The Labute approximate surface area is 224 Å². The second-order valence-electron chi connectivity index (χ2n) is 9.12. The molecule has 0 bridgehead atoms. The highest BCUT2D eigenvalue weighted by molar-refractivity contribution is 8.00. The van der Waals surface area contributed by atoms with Crippen LogP contribution in [-0.2, 0) is 6.54 Å². The summed E-state index contributed by atoms with van der Waals surface area (Å²) in [4.78, 5) is 18.6. The molecule has 1 amide bonds. The van der Waals surface area contributed by atoms with Crippen molar-refractivity contribution in [3.63, 3.8) is 0 Å². The largest absolute Gasteiger partial charge is 0.497 e. The van der Waals surface area contributed by atoms with E-state index >= 15 is 0 Å². The van der Waals surface area contributed by atoms with Crippen LogP contribution in [0.2, 0.25) is 0 Å². The maximum atomic E-state index is 13.2. The van der Waals surface area contributed by atoms with E-state index in [1.165, 1.54) is 17.5 Å². The van der Waals surface area contributed by atoms with Gasteiger partial charge in [0.25, 0.3) is 5.91 Å². The number of nitrogens with two attached hydrogens (primary N) is 1. The molecule has 1 saturated heterocycles. The Morgan fingerprint density at radius 3 is 2.54 bits per heavy atom. The number of benzene rings is 3. The van der Waals surface area contributed by atoms with Gasteiger partial charge in [-0.1, -0.05) is 43.3 Å². The molecule has 3 N–H and O–H groups in total. The Balaban J connectivity index is 1.30. The third kappa shape index (κ3) is 7.31. The first-order valence-corrected chi connectivity index (χ1v) is 13.6. The zero-order valence-electron chi connectivity index (χ0n) is 21.7. The highest BCUT2D eigenvalue weighted by Gasteiger charge is 2.20. The van der Waals surface area contributed by atoms with Gasteiger partial charge in [-0.2, -0.15) is 0 Å². The Bertz CT molecular complexity index is 1200. The lowest BCUT2D eigenvalue weighted by atomic mass is 10.1. The molecule has 0 atom stereocenters. The Morgan fingerprint density at radius 2 is 1.81 bits per heavy atom. The van der Waals surface area contributed by atoms with Crippen molar-refractivity contribution in [1.82, 2.24) is 9.80 Å². The molecule has 37 heavy (non-hydrogen) atoms. The number of methoxy groups -OCH3 is 1. The van der Waals surface area contributed by atoms with Crippen LogP contribution in [0.15, 0.2) is 77.7 Å². The molecule has 1 fully saturated rings. The number of para-hydroxylation sites is 1. The molecule has 1 aliphatic rings. The van der Waals surface area contributed by atoms with Gasteiger partial charge in [-0.15, -0.1) is 0 Å². The number of carbonyl (C=O) groups is 1. The van der Waals surface area contributed by atoms with Crippen LogP contribution >= 0.6 is 11.9 Å². The average Bonchev–Trinajstić information content (AvgIpc) is 3.17. The molecule has 1 heterocycles. The molecule has 0 saturated carbocycles. The quantitative estimate of drug-likeness (QED) is 0.262. The zero-order valence-corrected chi connectivity index (χ0v) is 22.5. The minimum absolute atomic E-state index is 0.0881. The van der Waals surface area contributed by atoms with Crippen LogP contribution in [-0.4, -0.2) is 49.0 Å². The number of nitrogens with one attached hydrogen (secondary N) is 1. The minimum Gasteiger partial charge on any atom is -0.497 e. The van der Waals surface area contributed by atoms with E-state index < -0.39 is 0 Å². The highest BCUT2D eigenvalue weighted by Crippen LogP contribution is 2.30. The first kappa shape index (κ1) is 26.6. The number of hydrogen-bond acceptors (Lipinski definition) is 6. The van der Waals surface area contributed by atoms with Crippen LogP contribution < -0.4 is 15.2 Å². The van der Waals surface area contributed by atoms with Gasteiger partial charge in [0.05, 0.1) is 17.7 Å². The lowest BCUT2D eigenvalue weighted by molar-refractivity contribution is 0.0761. The molecular weight excluding hydrogens is 480 g/mol. The molecule has 1 aliphatic heterocycles. The van der Waals surface area contributed by atoms with Crippen molar-refractivity contribution in [3.05, 3.63) is 89.5 Å². The third-order valence-electron chi connectivity index (χ3n) is 6.48. The van der Waals surface area contributed by atoms with Crippen LogP contribution in [0.1, 0.15) is 41.3 Å². The lowest BCUT2D eigenvalue weighted by Crippen LogP contribution is -2.35. The molecule has 0 aromatic heterocycles. The smallest absolute Gasteiger partial charge is 0.253 e. The monoisotopic (exact) mass is 516 g/mol. The van der Waals surface area contributed by atoms with E-state index in [4.69, 9.17) is 10.5 Å². The summed E-state index contributed by atoms with van der Waals surface area (Å²) in [5.41, 5.74) is 11.0. The number of nitrogens with zero attached hydrogens (tertiary/aromatic N) is 2. The zero-order chi connectivity index (χ0) is 26.0. The van der Waals surface area contributed by atoms with Gasteiger partial charge in [0, 0.05) is 44.0 Å². The second kappa shape index (κ2) is 13.2. The first-order chi connectivity index (χ1) is 18.1. The predicted molar refractivity (Wildman–Crippen MR) is 155 cm³/mol. The maximum Gasteiger partial charge on any atom is 0.253 e. The van der Waals surface area contributed by atoms with Crippen molar-refractivity contribution in [2.75, 3.05) is 43.7 Å². The maximum absolute atomic E-state index is 13.2. The molecule has 3 aromatic rings. The molecule has 6 nitrogen and oxygen atoms in total. The molecule has 0 aliphatic carbocycles. The number of anilines is 2. The van der Waals surface area contributed by atoms with Gasteiger partial charge in [-0.3, -0.25) is 9.69 Å². The minimum atomic E-state index is 0.0881. The standard InChI is InChI=1S/C30H36N4O2S/c1-3-4-7-24-8-5-9-28(29(24)31)37-32-26-14-12-25(13-15-26)30(35)34-19-6-18-33(20-21-34)22-23-10-16-27(36-2)17-11-23/h4-5,7-17,32H,3,6,18-22,31H2,1-2H3/b7-4-. The average molecular weight is 517 g/mol. The fraction of sp³-hybridized carbons (Fsp3) is 0.300. The van der Waals surface area contributed by atoms with Gasteiger partial charge < -0.3 is 20.1 Å². The third-order valence-corrected chi connectivity index (χ3v) is 7.40. The topological polar surface area (TPSA) is 70.8 Å². The number of hydrogen-bond donors (Lipinski definition) is 2. The van der Waals surface area contributed by atoms with Crippen molar-refractivity contribution in [2.24, 2.45) is 0 Å². The molecule has 194 valence electrons. The van der Waals surface area contributed by atoms with E-state index in [0.717, 1.165) is 73.1 Å². The van der Waals surface area contributed by atoms with Crippen LogP contribution in [0.3, 0.4) is 0 Å². The molecule has 4 rings (SSSR count). The summed E-state index contributed by atoms with van der Waals surface area (Å²) in [5.74, 6) is 0.958. The number of rotatable bonds is 9. The second-order valence-corrected chi connectivity index (χ2v) is 9.97. The van der Waals surface area contributed by atoms with Crippen molar-refractivity contribution >= 4 is 35.3 Å². The Morgan fingerprint density at radius 1 is 1.03 bits per heavy atom. The van der Waals surface area contributed by atoms with E-state index in [-0.39, 0.29) is 5.91 Å². The van der Waals surface area contributed by atoms with Crippen molar-refractivity contribution in [3.8, 4) is 5.75 Å². The highest BCUT2D eigenvalue weighted by atomic mass is 32.2. The summed E-state index contributed by atoms with van der Waals surface area (Å²) in [6.07, 6.45) is 6.10. The van der Waals surface area contributed by atoms with Crippen LogP contribution in [0.5, 0.6) is 5.75 Å². The van der Waals surface area contributed by atoms with E-state index in [1.54, 1.807) is 7.11 Å². The van der Waals surface area contributed by atoms with Gasteiger partial charge in [0.1, 0.15) is 5.75 Å². The summed E-state index contributed by atoms with van der Waals surface area (Å²) in [6, 6.07) is 21.9. The number of amides is 1. The van der Waals surface area contributed by atoms with Crippen molar-refractivity contribution in [2.45, 2.75) is 31.2 Å². The molecule has 0 radical (unpaired) electrons. The number of nitrogen functional groups attached to an aromatic ring is 1. The SMILES string of the molecule is CC/C=C\c1cccc(SNc2ccc(C(=O)N3CCCN(Cc4ccc(OC)cc4)CC3)cc2)c1N. The lowest BCUT2D eigenvalue weighted by Gasteiger charge is -2.22. The molecule has 0 spiro atoms. The number of ether oxygens (including phenoxy) is 1. The predicted octanol–water partition coefficient (Wildman–Crippen LogP) is 6.17. The van der Waals surface area contributed by atoms with Crippen LogP contribution in [0, 0.1) is 0 Å². The van der Waals surface area contributed by atoms with Crippen LogP contribution in [0.25, 0.3) is 6.08 Å². The van der Waals surface area contributed by atoms with E-state index in [2.05, 4.69) is 40.8 Å². The van der Waals surface area contributed by atoms with Gasteiger partial charge in [0.2, 0.25) is 0 Å². The molecule has 0 unspecified atom stereocenters. The van der Waals surface area contributed by atoms with Crippen molar-refractivity contribution in [1.29, 1.82) is 0 Å². The summed E-state index contributed by atoms with van der Waals surface area (Å²) in [7, 11) is 1.68. The summed E-state index contributed by atoms with van der Waals surface area (Å²) in [5, 5.41) is 0. The summed E-state index contributed by atoms with van der Waals surface area (Å²) in [6.45, 7) is 6.33. The van der Waals surface area contributed by atoms with E-state index in [9.17, 15) is 4.79 Å². The fourth-order valence-corrected chi connectivity index (χ4v) is 5.08. The van der Waals surface area contributed by atoms with Crippen molar-refractivity contribution < 1.29 is 9.53 Å². The summed E-state index contributed by atoms with van der Waals surface area (Å²) < 4.78 is 8.60. The van der Waals surface area contributed by atoms with Gasteiger partial charge in [-0.05, 0) is 78.4 Å². The van der Waals surface area contributed by atoms with E-state index in [0.29, 0.717) is 5.56 Å². The normalized spacial score (nSPS) is 14.5. The van der Waals surface area contributed by atoms with Gasteiger partial charge in [-0.25, -0.2) is 0 Å². The molecule has 3 aromatic carbocycles. The van der Waals surface area contributed by atoms with E-state index in [1.807, 2.05) is 59.5 Å². The molecule has 7 heteroatoms. The van der Waals surface area contributed by atoms with Gasteiger partial charge in [0.15, 0.2) is 0 Å². The number of allylic oxidation sites excluding steroid dienone is 1. The molecular formula is C30H36N4O2S. The Kier molecular flexibility index (Phi) is 9.52. The fourth-order valence-electron chi connectivity index (χ4n) is 4.34. The number of carbonyl (C=O) groups excluding carboxylic acids is 1. The van der Waals surface area contributed by atoms with Gasteiger partial charge >= 0.3 is 0 Å².